The second-order valence-electron chi connectivity index (χ2n) is 7.57. The number of alkyl halides is 3. The number of hydrogen-bond donors (Lipinski definition) is 3. The van der Waals surface area contributed by atoms with Gasteiger partial charge in [-0.1, -0.05) is 30.9 Å². The number of pyridine rings is 1. The number of nitrogens with zero attached hydrogens (tertiary/aromatic N) is 1. The molecular weight excluding hydrogens is 504 g/mol. The highest BCUT2D eigenvalue weighted by Gasteiger charge is 2.33. The van der Waals surface area contributed by atoms with Crippen LogP contribution in [0.4, 0.5) is 29.1 Å². The van der Waals surface area contributed by atoms with E-state index in [2.05, 4.69) is 16.2 Å². The first kappa shape index (κ1) is 30.7. The minimum absolute atomic E-state index is 0.0904. The number of aliphatic carboxylic acids is 1. The maximum Gasteiger partial charge on any atom is 0.433 e. The summed E-state index contributed by atoms with van der Waals surface area (Å²) in [5.74, 6) is 0.533. The predicted octanol–water partition coefficient (Wildman–Crippen LogP) is 5.06. The first-order valence-electron chi connectivity index (χ1n) is 10.7. The molecule has 0 unspecified atom stereocenters. The first-order chi connectivity index (χ1) is 16.7. The van der Waals surface area contributed by atoms with Crippen LogP contribution in [0.2, 0.25) is 0 Å². The quantitative estimate of drug-likeness (QED) is 0.223. The molecular formula is C23H27F4N4O4S-. The summed E-state index contributed by atoms with van der Waals surface area (Å²) in [4.78, 5) is 14.1. The Hall–Kier alpha value is -3.37. The van der Waals surface area contributed by atoms with Crippen LogP contribution in [-0.2, 0) is 34.0 Å². The van der Waals surface area contributed by atoms with E-state index in [0.717, 1.165) is 31.2 Å². The molecule has 0 saturated carbocycles. The number of benzene rings is 1. The van der Waals surface area contributed by atoms with Crippen LogP contribution in [0.25, 0.3) is 5.73 Å². The SMILES string of the molecule is C#Cc1cc(C[NH-])cc(F)c1NS(C)(=O)=O.CCCCNc1nc(C(F)(F)F)ccc1CCC(=O)O. The fourth-order valence-corrected chi connectivity index (χ4v) is 3.37. The van der Waals surface area contributed by atoms with Gasteiger partial charge in [0.05, 0.1) is 17.5 Å². The van der Waals surface area contributed by atoms with Crippen molar-refractivity contribution in [2.75, 3.05) is 22.8 Å². The molecule has 0 aliphatic carbocycles. The summed E-state index contributed by atoms with van der Waals surface area (Å²) in [6, 6.07) is 4.65. The van der Waals surface area contributed by atoms with E-state index in [1.807, 2.05) is 11.6 Å². The van der Waals surface area contributed by atoms with Crippen molar-refractivity contribution >= 4 is 27.5 Å². The zero-order chi connectivity index (χ0) is 27.5. The van der Waals surface area contributed by atoms with Gasteiger partial charge in [-0.3, -0.25) is 9.52 Å². The number of aryl methyl sites for hydroxylation is 1. The van der Waals surface area contributed by atoms with Crippen molar-refractivity contribution in [3.05, 3.63) is 58.2 Å². The number of carboxylic acid groups (broad SMARTS) is 1. The predicted molar refractivity (Wildman–Crippen MR) is 129 cm³/mol. The Morgan fingerprint density at radius 1 is 1.28 bits per heavy atom. The number of hydrogen-bond acceptors (Lipinski definition) is 5. The summed E-state index contributed by atoms with van der Waals surface area (Å²) in [6.45, 7) is 2.35. The average molecular weight is 532 g/mol. The van der Waals surface area contributed by atoms with E-state index in [1.165, 1.54) is 12.1 Å². The second kappa shape index (κ2) is 13.6. The van der Waals surface area contributed by atoms with E-state index in [4.69, 9.17) is 17.3 Å². The van der Waals surface area contributed by atoms with Crippen molar-refractivity contribution in [3.8, 4) is 12.3 Å². The Kier molecular flexibility index (Phi) is 11.6. The Bertz CT molecular complexity index is 1200. The molecule has 2 rings (SSSR count). The van der Waals surface area contributed by atoms with E-state index in [0.29, 0.717) is 17.7 Å². The van der Waals surface area contributed by atoms with E-state index >= 15 is 0 Å². The molecule has 4 N–H and O–H groups in total. The molecule has 2 aromatic rings. The van der Waals surface area contributed by atoms with Gasteiger partial charge in [0.1, 0.15) is 17.3 Å². The monoisotopic (exact) mass is 531 g/mol. The number of carboxylic acids is 1. The van der Waals surface area contributed by atoms with Gasteiger partial charge in [-0.15, -0.1) is 13.0 Å². The van der Waals surface area contributed by atoms with Crippen LogP contribution in [0.3, 0.4) is 0 Å². The summed E-state index contributed by atoms with van der Waals surface area (Å²) >= 11 is 0. The van der Waals surface area contributed by atoms with Gasteiger partial charge in [-0.2, -0.15) is 13.2 Å². The van der Waals surface area contributed by atoms with E-state index in [1.54, 1.807) is 0 Å². The number of terminal acetylenes is 1. The largest absolute Gasteiger partial charge is 0.674 e. The van der Waals surface area contributed by atoms with Gasteiger partial charge in [0.25, 0.3) is 0 Å². The summed E-state index contributed by atoms with van der Waals surface area (Å²) in [5, 5.41) is 11.5. The number of unbranched alkanes of at least 4 members (excludes halogenated alkanes) is 1. The van der Waals surface area contributed by atoms with Crippen LogP contribution in [-0.4, -0.2) is 37.3 Å². The van der Waals surface area contributed by atoms with Crippen molar-refractivity contribution in [1.29, 1.82) is 0 Å². The molecule has 1 aromatic heterocycles. The molecule has 13 heteroatoms. The minimum atomic E-state index is -4.51. The number of sulfonamides is 1. The highest BCUT2D eigenvalue weighted by molar-refractivity contribution is 7.92. The fraction of sp³-hybridized carbons (Fsp3) is 0.391. The maximum atomic E-state index is 13.5. The summed E-state index contributed by atoms with van der Waals surface area (Å²) in [5.41, 5.74) is 6.83. The lowest BCUT2D eigenvalue weighted by molar-refractivity contribution is -0.141. The smallest absolute Gasteiger partial charge is 0.433 e. The van der Waals surface area contributed by atoms with Crippen molar-refractivity contribution in [3.63, 3.8) is 0 Å². The highest BCUT2D eigenvalue weighted by atomic mass is 32.2. The molecule has 0 atom stereocenters. The number of halogens is 4. The van der Waals surface area contributed by atoms with Crippen LogP contribution in [0.15, 0.2) is 24.3 Å². The van der Waals surface area contributed by atoms with E-state index in [-0.39, 0.29) is 36.5 Å². The van der Waals surface area contributed by atoms with Gasteiger partial charge < -0.3 is 16.2 Å². The zero-order valence-corrected chi connectivity index (χ0v) is 20.5. The number of rotatable bonds is 10. The van der Waals surface area contributed by atoms with Gasteiger partial charge in [0.2, 0.25) is 10.0 Å². The highest BCUT2D eigenvalue weighted by Crippen LogP contribution is 2.30. The number of anilines is 2. The topological polar surface area (TPSA) is 132 Å². The lowest BCUT2D eigenvalue weighted by Crippen LogP contribution is -2.13. The van der Waals surface area contributed by atoms with Gasteiger partial charge in [0.15, 0.2) is 0 Å². The van der Waals surface area contributed by atoms with Crippen LogP contribution < -0.4 is 10.0 Å². The second-order valence-corrected chi connectivity index (χ2v) is 9.32. The molecule has 0 aliphatic heterocycles. The molecule has 0 aliphatic rings. The molecule has 0 bridgehead atoms. The Balaban J connectivity index is 0.000000369. The number of aromatic nitrogens is 1. The normalized spacial score (nSPS) is 11.2. The summed E-state index contributed by atoms with van der Waals surface area (Å²) in [6.07, 6.45) is 3.26. The van der Waals surface area contributed by atoms with Gasteiger partial charge in [0, 0.05) is 13.0 Å². The average Bonchev–Trinajstić information content (AvgIpc) is 2.78. The Labute approximate surface area is 207 Å². The van der Waals surface area contributed by atoms with Gasteiger partial charge in [-0.25, -0.2) is 17.8 Å². The Morgan fingerprint density at radius 2 is 1.94 bits per heavy atom. The van der Waals surface area contributed by atoms with E-state index < -0.39 is 33.7 Å². The molecule has 0 fully saturated rings. The van der Waals surface area contributed by atoms with Crippen molar-refractivity contribution in [2.24, 2.45) is 0 Å². The van der Waals surface area contributed by atoms with Gasteiger partial charge in [-0.05, 0) is 36.6 Å². The van der Waals surface area contributed by atoms with Crippen LogP contribution in [0, 0.1) is 18.2 Å². The number of carbonyl (C=O) groups is 1. The molecule has 0 spiro atoms. The zero-order valence-electron chi connectivity index (χ0n) is 19.7. The minimum Gasteiger partial charge on any atom is -0.674 e. The van der Waals surface area contributed by atoms with Crippen LogP contribution >= 0.6 is 0 Å². The molecule has 1 aromatic carbocycles. The first-order valence-corrected chi connectivity index (χ1v) is 12.5. The third-order valence-corrected chi connectivity index (χ3v) is 5.07. The fourth-order valence-electron chi connectivity index (χ4n) is 2.79. The molecule has 0 saturated heterocycles. The van der Waals surface area contributed by atoms with E-state index in [9.17, 15) is 30.8 Å². The molecule has 1 heterocycles. The lowest BCUT2D eigenvalue weighted by atomic mass is 10.1. The third kappa shape index (κ3) is 10.5. The molecule has 36 heavy (non-hydrogen) atoms. The van der Waals surface area contributed by atoms with Crippen molar-refractivity contribution in [2.45, 2.75) is 45.3 Å². The summed E-state index contributed by atoms with van der Waals surface area (Å²) < 4.78 is 75.4. The van der Waals surface area contributed by atoms with Gasteiger partial charge >= 0.3 is 12.1 Å². The lowest BCUT2D eigenvalue weighted by Gasteiger charge is -2.13. The Morgan fingerprint density at radius 3 is 2.44 bits per heavy atom. The third-order valence-electron chi connectivity index (χ3n) is 4.50. The summed E-state index contributed by atoms with van der Waals surface area (Å²) in [7, 11) is -3.58. The molecule has 0 amide bonds. The molecule has 198 valence electrons. The number of nitrogens with one attached hydrogen (secondary N) is 3. The molecule has 0 radical (unpaired) electrons. The van der Waals surface area contributed by atoms with Crippen molar-refractivity contribution in [1.82, 2.24) is 4.98 Å². The standard InChI is InChI=1S/C13H17F3N2O2.C10H10FN2O2S/c1-2-3-8-17-12-9(5-7-11(19)20)4-6-10(18-12)13(14,15)16;1-3-8-4-7(6-12)5-9(11)10(8)13-16(2,14)15/h4,6H,2-3,5,7-8H2,1H3,(H,17,18)(H,19,20);1,4-5,12-13H,6H2,2H3/q;-1. The maximum absolute atomic E-state index is 13.5. The van der Waals surface area contributed by atoms with Crippen molar-refractivity contribution < 1.29 is 35.9 Å². The van der Waals surface area contributed by atoms with Crippen LogP contribution in [0.5, 0.6) is 0 Å². The molecule has 8 nitrogen and oxygen atoms in total. The van der Waals surface area contributed by atoms with Crippen LogP contribution in [0.1, 0.15) is 48.6 Å².